The molecule has 0 saturated carbocycles. The predicted octanol–water partition coefficient (Wildman–Crippen LogP) is 0.856. The Hall–Kier alpha value is -4.54. The number of hydrogen-bond donors (Lipinski definition) is 5. The van der Waals surface area contributed by atoms with E-state index < -0.39 is 41.1 Å². The van der Waals surface area contributed by atoms with Gasteiger partial charge < -0.3 is 25.9 Å². The molecule has 11 nitrogen and oxygen atoms in total. The molecule has 3 amide bonds. The van der Waals surface area contributed by atoms with Gasteiger partial charge in [-0.2, -0.15) is 0 Å². The van der Waals surface area contributed by atoms with Crippen LogP contribution in [0.2, 0.25) is 0 Å². The van der Waals surface area contributed by atoms with Gasteiger partial charge in [0.25, 0.3) is 17.4 Å². The second kappa shape index (κ2) is 13.0. The van der Waals surface area contributed by atoms with Crippen LogP contribution in [0.25, 0.3) is 0 Å². The average molecular weight is 507 g/mol. The van der Waals surface area contributed by atoms with Crippen LogP contribution in [-0.2, 0) is 27.3 Å². The fourth-order valence-corrected chi connectivity index (χ4v) is 3.66. The number of rotatable bonds is 12. The zero-order chi connectivity index (χ0) is 26.8. The Balaban J connectivity index is 1.78. The molecule has 1 aromatic carbocycles. The number of hydrogen-bond acceptors (Lipinski definition) is 6. The SMILES string of the molecule is CC(C)CC(NC(=O)c1cnc[nH]1)C(=O)NC(Cc1ccc[nH]c1=O)C(=O)C(=O)NCc1ccccc1. The van der Waals surface area contributed by atoms with Gasteiger partial charge in [-0.25, -0.2) is 4.98 Å². The summed E-state index contributed by atoms with van der Waals surface area (Å²) >= 11 is 0. The molecule has 2 aromatic heterocycles. The third-order valence-corrected chi connectivity index (χ3v) is 5.55. The zero-order valence-electron chi connectivity index (χ0n) is 20.6. The van der Waals surface area contributed by atoms with Crippen LogP contribution in [0.5, 0.6) is 0 Å². The molecule has 194 valence electrons. The first-order chi connectivity index (χ1) is 17.7. The van der Waals surface area contributed by atoms with Gasteiger partial charge >= 0.3 is 0 Å². The van der Waals surface area contributed by atoms with Crippen molar-refractivity contribution in [2.24, 2.45) is 5.92 Å². The molecule has 0 aliphatic carbocycles. The van der Waals surface area contributed by atoms with Crippen LogP contribution in [0.15, 0.2) is 66.0 Å². The number of ketones is 1. The second-order valence-corrected chi connectivity index (χ2v) is 8.94. The number of pyridine rings is 1. The van der Waals surface area contributed by atoms with Gasteiger partial charge in [-0.15, -0.1) is 0 Å². The Kier molecular flexibility index (Phi) is 9.48. The van der Waals surface area contributed by atoms with E-state index in [2.05, 4.69) is 30.9 Å². The summed E-state index contributed by atoms with van der Waals surface area (Å²) in [4.78, 5) is 72.9. The Bertz CT molecular complexity index is 1270. The minimum Gasteiger partial charge on any atom is -0.345 e. The van der Waals surface area contributed by atoms with Crippen LogP contribution in [0.3, 0.4) is 0 Å². The number of nitrogens with one attached hydrogen (secondary N) is 5. The Morgan fingerprint density at radius 2 is 1.70 bits per heavy atom. The predicted molar refractivity (Wildman–Crippen MR) is 135 cm³/mol. The summed E-state index contributed by atoms with van der Waals surface area (Å²) in [5.74, 6) is -2.97. The minimum atomic E-state index is -1.33. The highest BCUT2D eigenvalue weighted by Crippen LogP contribution is 2.08. The maximum Gasteiger partial charge on any atom is 0.289 e. The van der Waals surface area contributed by atoms with Crippen molar-refractivity contribution in [3.63, 3.8) is 0 Å². The third-order valence-electron chi connectivity index (χ3n) is 5.55. The summed E-state index contributed by atoms with van der Waals surface area (Å²) in [6.07, 6.45) is 4.18. The largest absolute Gasteiger partial charge is 0.345 e. The lowest BCUT2D eigenvalue weighted by Gasteiger charge is -2.23. The second-order valence-electron chi connectivity index (χ2n) is 8.94. The third kappa shape index (κ3) is 7.99. The Morgan fingerprint density at radius 3 is 2.35 bits per heavy atom. The molecular formula is C26H30N6O5. The normalized spacial score (nSPS) is 12.4. The van der Waals surface area contributed by atoms with E-state index in [0.29, 0.717) is 0 Å². The zero-order valence-corrected chi connectivity index (χ0v) is 20.6. The lowest BCUT2D eigenvalue weighted by atomic mass is 9.99. The molecule has 0 aliphatic rings. The van der Waals surface area contributed by atoms with Crippen molar-refractivity contribution in [2.75, 3.05) is 0 Å². The van der Waals surface area contributed by atoms with Crippen molar-refractivity contribution in [1.29, 1.82) is 0 Å². The summed E-state index contributed by atoms with van der Waals surface area (Å²) in [5, 5.41) is 7.79. The van der Waals surface area contributed by atoms with Crippen LogP contribution in [0, 0.1) is 5.92 Å². The quantitative estimate of drug-likeness (QED) is 0.229. The number of benzene rings is 1. The van der Waals surface area contributed by atoms with Gasteiger partial charge in [0.05, 0.1) is 12.5 Å². The van der Waals surface area contributed by atoms with E-state index in [0.717, 1.165) is 5.56 Å². The van der Waals surface area contributed by atoms with Crippen LogP contribution in [0.1, 0.15) is 41.9 Å². The molecule has 5 N–H and O–H groups in total. The number of H-pyrrole nitrogens is 2. The van der Waals surface area contributed by atoms with E-state index in [1.165, 1.54) is 24.8 Å². The first-order valence-electron chi connectivity index (χ1n) is 11.9. The minimum absolute atomic E-state index is 0.0260. The number of amides is 3. The van der Waals surface area contributed by atoms with Crippen molar-refractivity contribution >= 4 is 23.5 Å². The van der Waals surface area contributed by atoms with E-state index in [9.17, 15) is 24.0 Å². The molecule has 0 radical (unpaired) electrons. The topological polar surface area (TPSA) is 166 Å². The van der Waals surface area contributed by atoms with Gasteiger partial charge in [0, 0.05) is 24.7 Å². The first-order valence-corrected chi connectivity index (χ1v) is 11.9. The maximum absolute atomic E-state index is 13.3. The lowest BCUT2D eigenvalue weighted by Crippen LogP contribution is -2.55. The first kappa shape index (κ1) is 27.1. The molecule has 0 saturated heterocycles. The molecule has 0 aliphatic heterocycles. The number of aromatic amines is 2. The van der Waals surface area contributed by atoms with Gasteiger partial charge in [-0.3, -0.25) is 24.0 Å². The fraction of sp³-hybridized carbons (Fsp3) is 0.308. The van der Waals surface area contributed by atoms with Crippen LogP contribution >= 0.6 is 0 Å². The smallest absolute Gasteiger partial charge is 0.289 e. The molecule has 2 unspecified atom stereocenters. The highest BCUT2D eigenvalue weighted by Gasteiger charge is 2.31. The van der Waals surface area contributed by atoms with Gasteiger partial charge in [-0.05, 0) is 24.0 Å². The molecule has 2 atom stereocenters. The van der Waals surface area contributed by atoms with Gasteiger partial charge in [-0.1, -0.05) is 50.2 Å². The van der Waals surface area contributed by atoms with Gasteiger partial charge in [0.1, 0.15) is 17.8 Å². The molecule has 0 bridgehead atoms. The standard InChI is InChI=1S/C26H30N6O5/c1-16(2)11-20(32-25(36)21-14-27-15-30-21)24(35)31-19(12-18-9-6-10-28-23(18)34)22(33)26(37)29-13-17-7-4-3-5-8-17/h3-10,14-16,19-20H,11-13H2,1-2H3,(H,27,30)(H,28,34)(H,29,37)(H,31,35)(H,32,36). The van der Waals surface area contributed by atoms with Crippen LogP contribution in [-0.4, -0.2) is 50.5 Å². The molecule has 11 heteroatoms. The van der Waals surface area contributed by atoms with Gasteiger partial charge in [0.2, 0.25) is 11.7 Å². The monoisotopic (exact) mass is 506 g/mol. The lowest BCUT2D eigenvalue weighted by molar-refractivity contribution is -0.140. The van der Waals surface area contributed by atoms with Crippen molar-refractivity contribution in [2.45, 2.75) is 45.3 Å². The van der Waals surface area contributed by atoms with Crippen molar-refractivity contribution in [3.05, 3.63) is 88.4 Å². The molecule has 0 spiro atoms. The molecule has 2 heterocycles. The van der Waals surface area contributed by atoms with Crippen molar-refractivity contribution < 1.29 is 19.2 Å². The summed E-state index contributed by atoms with van der Waals surface area (Å²) < 4.78 is 0. The Morgan fingerprint density at radius 1 is 0.946 bits per heavy atom. The van der Waals surface area contributed by atoms with E-state index in [-0.39, 0.29) is 36.6 Å². The summed E-state index contributed by atoms with van der Waals surface area (Å²) in [6, 6.07) is 9.82. The summed E-state index contributed by atoms with van der Waals surface area (Å²) in [7, 11) is 0. The number of aromatic nitrogens is 3. The number of Topliss-reactive ketones (excluding diaryl/α,β-unsaturated/α-hetero) is 1. The average Bonchev–Trinajstić information content (AvgIpc) is 3.43. The molecule has 3 aromatic rings. The number of nitrogens with zero attached hydrogens (tertiary/aromatic N) is 1. The van der Waals surface area contributed by atoms with E-state index in [1.807, 2.05) is 19.9 Å². The Labute approximate surface area is 213 Å². The molecule has 3 rings (SSSR count). The van der Waals surface area contributed by atoms with E-state index >= 15 is 0 Å². The highest BCUT2D eigenvalue weighted by molar-refractivity contribution is 6.38. The van der Waals surface area contributed by atoms with Crippen molar-refractivity contribution in [1.82, 2.24) is 30.9 Å². The van der Waals surface area contributed by atoms with Gasteiger partial charge in [0.15, 0.2) is 0 Å². The van der Waals surface area contributed by atoms with E-state index in [1.54, 1.807) is 30.3 Å². The summed E-state index contributed by atoms with van der Waals surface area (Å²) in [6.45, 7) is 3.88. The number of carbonyl (C=O) groups is 4. The summed E-state index contributed by atoms with van der Waals surface area (Å²) in [5.41, 5.74) is 0.747. The van der Waals surface area contributed by atoms with Crippen LogP contribution < -0.4 is 21.5 Å². The van der Waals surface area contributed by atoms with Crippen molar-refractivity contribution in [3.8, 4) is 0 Å². The van der Waals surface area contributed by atoms with E-state index in [4.69, 9.17) is 0 Å². The molecular weight excluding hydrogens is 476 g/mol. The molecule has 0 fully saturated rings. The fourth-order valence-electron chi connectivity index (χ4n) is 3.66. The molecule has 37 heavy (non-hydrogen) atoms. The number of carbonyl (C=O) groups excluding carboxylic acids is 4. The maximum atomic E-state index is 13.3. The van der Waals surface area contributed by atoms with Crippen LogP contribution in [0.4, 0.5) is 0 Å². The number of imidazole rings is 1. The highest BCUT2D eigenvalue weighted by atomic mass is 16.2.